The fourth-order valence-electron chi connectivity index (χ4n) is 1.48. The highest BCUT2D eigenvalue weighted by Crippen LogP contribution is 2.37. The molecule has 15 heavy (non-hydrogen) atoms. The van der Waals surface area contributed by atoms with Gasteiger partial charge in [0.1, 0.15) is 0 Å². The number of halogens is 1. The van der Waals surface area contributed by atoms with Crippen molar-refractivity contribution in [3.05, 3.63) is 39.4 Å². The SMILES string of the molecule is O=CC1(F)OCc2ccc([N+](=O)[O-])cc21. The molecule has 0 bridgehead atoms. The third-order valence-corrected chi connectivity index (χ3v) is 2.26. The van der Waals surface area contributed by atoms with E-state index in [9.17, 15) is 19.3 Å². The number of carbonyl (C=O) groups is 1. The second-order valence-corrected chi connectivity index (χ2v) is 3.15. The van der Waals surface area contributed by atoms with Crippen LogP contribution in [-0.2, 0) is 22.0 Å². The van der Waals surface area contributed by atoms with Crippen molar-refractivity contribution in [1.29, 1.82) is 0 Å². The van der Waals surface area contributed by atoms with Crippen molar-refractivity contribution >= 4 is 12.0 Å². The maximum Gasteiger partial charge on any atom is 0.292 e. The molecule has 0 amide bonds. The normalized spacial score (nSPS) is 23.5. The monoisotopic (exact) mass is 211 g/mol. The van der Waals surface area contributed by atoms with Crippen LogP contribution in [0.5, 0.6) is 0 Å². The molecule has 0 fully saturated rings. The summed E-state index contributed by atoms with van der Waals surface area (Å²) in [6.07, 6.45) is 0.00254. The van der Waals surface area contributed by atoms with Gasteiger partial charge in [-0.25, -0.2) is 0 Å². The summed E-state index contributed by atoms with van der Waals surface area (Å²) in [4.78, 5) is 20.3. The standard InChI is InChI=1S/C9H6FNO4/c10-9(5-12)8-3-7(11(13)14)2-1-6(8)4-15-9/h1-3,5H,4H2. The van der Waals surface area contributed by atoms with Crippen LogP contribution < -0.4 is 0 Å². The molecule has 0 aliphatic carbocycles. The van der Waals surface area contributed by atoms with Crippen molar-refractivity contribution in [2.45, 2.75) is 12.5 Å². The number of hydrogen-bond acceptors (Lipinski definition) is 4. The Hall–Kier alpha value is -1.82. The third kappa shape index (κ3) is 1.39. The van der Waals surface area contributed by atoms with Gasteiger partial charge in [0.05, 0.1) is 11.5 Å². The minimum absolute atomic E-state index is 0.00254. The Morgan fingerprint density at radius 2 is 2.33 bits per heavy atom. The number of rotatable bonds is 2. The van der Waals surface area contributed by atoms with E-state index in [-0.39, 0.29) is 24.1 Å². The lowest BCUT2D eigenvalue weighted by molar-refractivity contribution is -0.385. The Morgan fingerprint density at radius 1 is 1.60 bits per heavy atom. The minimum atomic E-state index is -2.54. The van der Waals surface area contributed by atoms with Crippen molar-refractivity contribution in [3.8, 4) is 0 Å². The first-order valence-electron chi connectivity index (χ1n) is 4.14. The summed E-state index contributed by atoms with van der Waals surface area (Å²) >= 11 is 0. The van der Waals surface area contributed by atoms with Crippen molar-refractivity contribution in [2.24, 2.45) is 0 Å². The summed E-state index contributed by atoms with van der Waals surface area (Å²) in [5.41, 5.74) is 0.116. The average Bonchev–Trinajstić information content (AvgIpc) is 2.57. The molecule has 0 saturated heterocycles. The van der Waals surface area contributed by atoms with Gasteiger partial charge < -0.3 is 4.74 Å². The summed E-state index contributed by atoms with van der Waals surface area (Å²) in [5, 5.41) is 10.5. The van der Waals surface area contributed by atoms with E-state index in [1.54, 1.807) is 0 Å². The Kier molecular flexibility index (Phi) is 2.01. The van der Waals surface area contributed by atoms with Crippen molar-refractivity contribution in [3.63, 3.8) is 0 Å². The number of fused-ring (bicyclic) bond motifs is 1. The predicted molar refractivity (Wildman–Crippen MR) is 46.7 cm³/mol. The molecule has 1 aliphatic heterocycles. The lowest BCUT2D eigenvalue weighted by atomic mass is 10.0. The second-order valence-electron chi connectivity index (χ2n) is 3.15. The summed E-state index contributed by atoms with van der Waals surface area (Å²) in [7, 11) is 0. The second kappa shape index (κ2) is 3.09. The van der Waals surface area contributed by atoms with Crippen LogP contribution >= 0.6 is 0 Å². The quantitative estimate of drug-likeness (QED) is 0.421. The van der Waals surface area contributed by atoms with Gasteiger partial charge in [-0.3, -0.25) is 14.9 Å². The van der Waals surface area contributed by atoms with Gasteiger partial charge in [-0.1, -0.05) is 0 Å². The van der Waals surface area contributed by atoms with Crippen LogP contribution in [0.4, 0.5) is 10.1 Å². The third-order valence-electron chi connectivity index (χ3n) is 2.26. The number of non-ortho nitro benzene ring substituents is 1. The molecule has 1 unspecified atom stereocenters. The van der Waals surface area contributed by atoms with E-state index in [1.165, 1.54) is 12.1 Å². The Balaban J connectivity index is 2.56. The van der Waals surface area contributed by atoms with Crippen molar-refractivity contribution in [2.75, 3.05) is 0 Å². The van der Waals surface area contributed by atoms with Crippen LogP contribution in [0.1, 0.15) is 11.1 Å². The maximum atomic E-state index is 13.7. The van der Waals surface area contributed by atoms with Crippen molar-refractivity contribution < 1.29 is 18.8 Å². The highest BCUT2D eigenvalue weighted by atomic mass is 19.2. The number of alkyl halides is 1. The first-order valence-corrected chi connectivity index (χ1v) is 4.14. The molecule has 0 radical (unpaired) electrons. The molecule has 0 aromatic heterocycles. The van der Waals surface area contributed by atoms with E-state index in [2.05, 4.69) is 4.74 Å². The number of ether oxygens (including phenoxy) is 1. The molecule has 1 atom stereocenters. The summed E-state index contributed by atoms with van der Waals surface area (Å²) in [6, 6.07) is 3.66. The number of nitro groups is 1. The number of carbonyl (C=O) groups excluding carboxylic acids is 1. The topological polar surface area (TPSA) is 69.4 Å². The number of nitrogens with zero attached hydrogens (tertiary/aromatic N) is 1. The molecule has 0 N–H and O–H groups in total. The van der Waals surface area contributed by atoms with E-state index in [4.69, 9.17) is 0 Å². The fourth-order valence-corrected chi connectivity index (χ4v) is 1.48. The zero-order valence-electron chi connectivity index (χ0n) is 7.47. The van der Waals surface area contributed by atoms with Crippen LogP contribution in [-0.4, -0.2) is 11.2 Å². The Morgan fingerprint density at radius 3 is 2.93 bits per heavy atom. The summed E-state index contributed by atoms with van der Waals surface area (Å²) < 4.78 is 18.3. The smallest absolute Gasteiger partial charge is 0.292 e. The molecule has 0 saturated carbocycles. The molecule has 78 valence electrons. The number of benzene rings is 1. The van der Waals surface area contributed by atoms with Gasteiger partial charge in [0.15, 0.2) is 6.29 Å². The average molecular weight is 211 g/mol. The predicted octanol–water partition coefficient (Wildman–Crippen LogP) is 1.45. The molecular weight excluding hydrogens is 205 g/mol. The molecular formula is C9H6FNO4. The van der Waals surface area contributed by atoms with Crippen molar-refractivity contribution in [1.82, 2.24) is 0 Å². The van der Waals surface area contributed by atoms with E-state index < -0.39 is 10.8 Å². The van der Waals surface area contributed by atoms with Gasteiger partial charge in [-0.2, -0.15) is 4.39 Å². The van der Waals surface area contributed by atoms with Crippen LogP contribution in [0.3, 0.4) is 0 Å². The van der Waals surface area contributed by atoms with Gasteiger partial charge in [-0.15, -0.1) is 0 Å². The lowest BCUT2D eigenvalue weighted by Gasteiger charge is -2.10. The first kappa shape index (κ1) is 9.72. The Bertz CT molecular complexity index is 448. The van der Waals surface area contributed by atoms with E-state index in [0.29, 0.717) is 5.56 Å². The molecule has 6 heteroatoms. The molecule has 1 aliphatic rings. The van der Waals surface area contributed by atoms with Gasteiger partial charge >= 0.3 is 0 Å². The molecule has 1 aromatic rings. The number of hydrogen-bond donors (Lipinski definition) is 0. The molecule has 2 rings (SSSR count). The van der Waals surface area contributed by atoms with Crippen LogP contribution in [0, 0.1) is 10.1 Å². The summed E-state index contributed by atoms with van der Waals surface area (Å²) in [6.45, 7) is -0.0530. The zero-order chi connectivity index (χ0) is 11.1. The fraction of sp³-hybridized carbons (Fsp3) is 0.222. The minimum Gasteiger partial charge on any atom is -0.332 e. The Labute approximate surface area is 83.6 Å². The van der Waals surface area contributed by atoms with Crippen LogP contribution in [0.2, 0.25) is 0 Å². The largest absolute Gasteiger partial charge is 0.332 e. The molecule has 1 heterocycles. The maximum absolute atomic E-state index is 13.7. The summed E-state index contributed by atoms with van der Waals surface area (Å²) in [5.74, 6) is -2.54. The van der Waals surface area contributed by atoms with Gasteiger partial charge in [0.2, 0.25) is 0 Å². The van der Waals surface area contributed by atoms with Crippen LogP contribution in [0.25, 0.3) is 0 Å². The highest BCUT2D eigenvalue weighted by Gasteiger charge is 2.41. The van der Waals surface area contributed by atoms with E-state index in [1.807, 2.05) is 0 Å². The van der Waals surface area contributed by atoms with E-state index >= 15 is 0 Å². The van der Waals surface area contributed by atoms with E-state index in [0.717, 1.165) is 6.07 Å². The van der Waals surface area contributed by atoms with Crippen LogP contribution in [0.15, 0.2) is 18.2 Å². The molecule has 0 spiro atoms. The van der Waals surface area contributed by atoms with Gasteiger partial charge in [0, 0.05) is 17.7 Å². The molecule has 1 aromatic carbocycles. The zero-order valence-corrected chi connectivity index (χ0v) is 7.47. The highest BCUT2D eigenvalue weighted by molar-refractivity contribution is 5.67. The van der Waals surface area contributed by atoms with Gasteiger partial charge in [-0.05, 0) is 11.6 Å². The number of aldehydes is 1. The lowest BCUT2D eigenvalue weighted by Crippen LogP contribution is -2.20. The van der Waals surface area contributed by atoms with Gasteiger partial charge in [0.25, 0.3) is 11.5 Å². The number of nitro benzene ring substituents is 1. The first-order chi connectivity index (χ1) is 7.07. The molecule has 5 nitrogen and oxygen atoms in total.